The molecule has 0 amide bonds. The highest BCUT2D eigenvalue weighted by Gasteiger charge is 2.23. The molecular weight excluding hydrogens is 476 g/mol. The Morgan fingerprint density at radius 1 is 0.385 bits per heavy atom. The number of hydrogen-bond acceptors (Lipinski definition) is 3. The summed E-state index contributed by atoms with van der Waals surface area (Å²) in [7, 11) is 0. The number of aromatic nitrogens is 4. The molecule has 0 fully saturated rings. The van der Waals surface area contributed by atoms with Crippen molar-refractivity contribution >= 4 is 54.1 Å². The summed E-state index contributed by atoms with van der Waals surface area (Å²) in [5.74, 6) is 1.94. The Hall–Kier alpha value is -5.35. The maximum absolute atomic E-state index is 5.08. The lowest BCUT2D eigenvalue weighted by atomic mass is 9.89. The summed E-state index contributed by atoms with van der Waals surface area (Å²) in [5, 5.41) is 10.2. The third kappa shape index (κ3) is 2.80. The molecule has 0 spiro atoms. The smallest absolute Gasteiger partial charge is 0.238 e. The summed E-state index contributed by atoms with van der Waals surface area (Å²) in [6.07, 6.45) is 0. The highest BCUT2D eigenvalue weighted by molar-refractivity contribution is 6.40. The van der Waals surface area contributed by atoms with E-state index in [1.54, 1.807) is 0 Å². The van der Waals surface area contributed by atoms with Crippen molar-refractivity contribution in [3.8, 4) is 28.7 Å². The first-order valence-electron chi connectivity index (χ1n) is 13.1. The quantitative estimate of drug-likeness (QED) is 0.182. The van der Waals surface area contributed by atoms with Crippen LogP contribution < -0.4 is 0 Å². The SMILES string of the molecule is c1ccc(-c2nc(-c3ccccc3)nc(-n3c4cccc5c6cccc7ccc8ccc3c(c8c76)c54)n2)cc1. The molecule has 39 heavy (non-hydrogen) atoms. The second-order valence-electron chi connectivity index (χ2n) is 10.1. The zero-order valence-corrected chi connectivity index (χ0v) is 20.8. The van der Waals surface area contributed by atoms with Gasteiger partial charge in [0.05, 0.1) is 11.0 Å². The van der Waals surface area contributed by atoms with Crippen molar-refractivity contribution in [2.45, 2.75) is 0 Å². The molecule has 2 heterocycles. The molecule has 2 aromatic heterocycles. The number of nitrogens with zero attached hydrogens (tertiary/aromatic N) is 4. The van der Waals surface area contributed by atoms with Gasteiger partial charge in [-0.1, -0.05) is 109 Å². The van der Waals surface area contributed by atoms with Crippen molar-refractivity contribution < 1.29 is 0 Å². The molecule has 180 valence electrons. The predicted octanol–water partition coefficient (Wildman–Crippen LogP) is 8.64. The van der Waals surface area contributed by atoms with Gasteiger partial charge in [0.15, 0.2) is 11.6 Å². The fraction of sp³-hybridized carbons (Fsp3) is 0. The predicted molar refractivity (Wildman–Crippen MR) is 160 cm³/mol. The van der Waals surface area contributed by atoms with E-state index in [0.29, 0.717) is 17.6 Å². The van der Waals surface area contributed by atoms with Crippen molar-refractivity contribution in [1.82, 2.24) is 19.5 Å². The van der Waals surface area contributed by atoms with Gasteiger partial charge in [0.25, 0.3) is 0 Å². The van der Waals surface area contributed by atoms with Crippen LogP contribution in [-0.4, -0.2) is 19.5 Å². The molecule has 4 nitrogen and oxygen atoms in total. The van der Waals surface area contributed by atoms with Crippen molar-refractivity contribution in [1.29, 1.82) is 0 Å². The van der Waals surface area contributed by atoms with Gasteiger partial charge in [-0.2, -0.15) is 9.97 Å². The van der Waals surface area contributed by atoms with Crippen molar-refractivity contribution in [3.05, 3.63) is 121 Å². The minimum atomic E-state index is 0.623. The van der Waals surface area contributed by atoms with E-state index < -0.39 is 0 Å². The van der Waals surface area contributed by atoms with Crippen molar-refractivity contribution in [2.75, 3.05) is 0 Å². The fourth-order valence-corrected chi connectivity index (χ4v) is 6.30. The van der Waals surface area contributed by atoms with Crippen molar-refractivity contribution in [2.24, 2.45) is 0 Å². The van der Waals surface area contributed by atoms with Crippen LogP contribution in [0, 0.1) is 0 Å². The van der Waals surface area contributed by atoms with Crippen LogP contribution >= 0.6 is 0 Å². The molecule has 0 atom stereocenters. The van der Waals surface area contributed by atoms with Crippen LogP contribution in [0.25, 0.3) is 82.8 Å². The fourth-order valence-electron chi connectivity index (χ4n) is 6.30. The Kier molecular flexibility index (Phi) is 4.02. The van der Waals surface area contributed by atoms with Gasteiger partial charge in [-0.25, -0.2) is 4.98 Å². The molecule has 9 aromatic rings. The molecule has 0 unspecified atom stereocenters. The van der Waals surface area contributed by atoms with E-state index in [4.69, 9.17) is 15.0 Å². The lowest BCUT2D eigenvalue weighted by Gasteiger charge is -2.13. The second-order valence-corrected chi connectivity index (χ2v) is 10.1. The molecule has 9 rings (SSSR count). The average Bonchev–Trinajstić information content (AvgIpc) is 3.36. The van der Waals surface area contributed by atoms with Crippen LogP contribution in [0.1, 0.15) is 0 Å². The molecule has 4 heteroatoms. The van der Waals surface area contributed by atoms with E-state index >= 15 is 0 Å². The standard InChI is InChI=1S/C35H20N4/c1-3-9-23(10-4-1)33-36-34(24-11-5-2-6-12-24)38-35(37-33)39-27-16-8-15-26-25-14-7-13-21-17-18-22-19-20-28(39)32(31(26)27)30(22)29(21)25/h1-20H. The van der Waals surface area contributed by atoms with Gasteiger partial charge >= 0.3 is 0 Å². The number of hydrogen-bond donors (Lipinski definition) is 0. The van der Waals surface area contributed by atoms with E-state index in [0.717, 1.165) is 22.2 Å². The van der Waals surface area contributed by atoms with Gasteiger partial charge in [0.1, 0.15) is 0 Å². The van der Waals surface area contributed by atoms with Gasteiger partial charge in [-0.3, -0.25) is 4.57 Å². The third-order valence-electron chi connectivity index (χ3n) is 7.96. The minimum absolute atomic E-state index is 0.623. The molecule has 0 saturated heterocycles. The summed E-state index contributed by atoms with van der Waals surface area (Å²) in [4.78, 5) is 15.1. The first kappa shape index (κ1) is 20.7. The van der Waals surface area contributed by atoms with E-state index in [2.05, 4.69) is 65.2 Å². The Balaban J connectivity index is 1.46. The summed E-state index contributed by atoms with van der Waals surface area (Å²) in [5.41, 5.74) is 4.13. The maximum Gasteiger partial charge on any atom is 0.238 e. The van der Waals surface area contributed by atoms with Crippen LogP contribution in [0.5, 0.6) is 0 Å². The monoisotopic (exact) mass is 496 g/mol. The summed E-state index contributed by atoms with van der Waals surface area (Å²) in [6, 6.07) is 42.4. The molecular formula is C35H20N4. The molecule has 0 N–H and O–H groups in total. The Morgan fingerprint density at radius 2 is 0.949 bits per heavy atom. The first-order valence-corrected chi connectivity index (χ1v) is 13.1. The number of rotatable bonds is 3. The summed E-state index contributed by atoms with van der Waals surface area (Å²) >= 11 is 0. The van der Waals surface area contributed by atoms with E-state index in [1.165, 1.54) is 43.1 Å². The lowest BCUT2D eigenvalue weighted by Crippen LogP contribution is -2.06. The number of benzene rings is 7. The van der Waals surface area contributed by atoms with Crippen LogP contribution in [-0.2, 0) is 0 Å². The zero-order chi connectivity index (χ0) is 25.5. The van der Waals surface area contributed by atoms with Gasteiger partial charge in [0, 0.05) is 27.3 Å². The molecule has 0 aliphatic heterocycles. The summed E-state index contributed by atoms with van der Waals surface area (Å²) < 4.78 is 2.22. The Labute approximate surface area is 223 Å². The van der Waals surface area contributed by atoms with Crippen LogP contribution in [0.15, 0.2) is 121 Å². The molecule has 0 saturated carbocycles. The largest absolute Gasteiger partial charge is 0.278 e. The van der Waals surface area contributed by atoms with Gasteiger partial charge in [-0.05, 0) is 39.1 Å². The first-order chi connectivity index (χ1) is 19.3. The topological polar surface area (TPSA) is 43.6 Å². The Bertz CT molecular complexity index is 2260. The average molecular weight is 497 g/mol. The normalized spacial score (nSPS) is 12.1. The van der Waals surface area contributed by atoms with Gasteiger partial charge in [0.2, 0.25) is 5.95 Å². The van der Waals surface area contributed by atoms with Crippen molar-refractivity contribution in [3.63, 3.8) is 0 Å². The molecule has 7 aromatic carbocycles. The highest BCUT2D eigenvalue weighted by atomic mass is 15.2. The molecule has 0 aliphatic carbocycles. The lowest BCUT2D eigenvalue weighted by molar-refractivity contribution is 0.954. The molecule has 0 aliphatic rings. The third-order valence-corrected chi connectivity index (χ3v) is 7.96. The minimum Gasteiger partial charge on any atom is -0.278 e. The van der Waals surface area contributed by atoms with Crippen LogP contribution in [0.4, 0.5) is 0 Å². The molecule has 0 bridgehead atoms. The van der Waals surface area contributed by atoms with Crippen LogP contribution in [0.2, 0.25) is 0 Å². The van der Waals surface area contributed by atoms with Crippen LogP contribution in [0.3, 0.4) is 0 Å². The summed E-state index contributed by atoms with van der Waals surface area (Å²) in [6.45, 7) is 0. The number of fused-ring (bicyclic) bond motifs is 1. The second kappa shape index (κ2) is 7.59. The highest BCUT2D eigenvalue weighted by Crippen LogP contribution is 2.46. The maximum atomic E-state index is 5.08. The molecule has 0 radical (unpaired) electrons. The van der Waals surface area contributed by atoms with E-state index in [9.17, 15) is 0 Å². The van der Waals surface area contributed by atoms with E-state index in [-0.39, 0.29) is 0 Å². The van der Waals surface area contributed by atoms with E-state index in [1.807, 2.05) is 60.7 Å². The Morgan fingerprint density at radius 3 is 1.64 bits per heavy atom. The van der Waals surface area contributed by atoms with Gasteiger partial charge in [-0.15, -0.1) is 0 Å². The van der Waals surface area contributed by atoms with Gasteiger partial charge < -0.3 is 0 Å². The zero-order valence-electron chi connectivity index (χ0n) is 20.8.